The number of benzene rings is 2. The number of carbonyl (C=O) groups excluding carboxylic acids is 1. The quantitative estimate of drug-likeness (QED) is 0.429. The number of aliphatic imine (C=N–C) groups is 1. The van der Waals surface area contributed by atoms with Crippen molar-refractivity contribution in [3.05, 3.63) is 58.8 Å². The highest BCUT2D eigenvalue weighted by atomic mass is 16.6. The second-order valence-corrected chi connectivity index (χ2v) is 6.98. The van der Waals surface area contributed by atoms with Crippen LogP contribution in [0, 0.1) is 6.92 Å². The number of esters is 1. The van der Waals surface area contributed by atoms with E-state index >= 15 is 0 Å². The molecule has 0 spiro atoms. The van der Waals surface area contributed by atoms with E-state index in [2.05, 4.69) is 9.98 Å². The number of fused-ring (bicyclic) bond motifs is 1. The first-order valence-corrected chi connectivity index (χ1v) is 9.76. The van der Waals surface area contributed by atoms with Crippen LogP contribution in [0.1, 0.15) is 16.7 Å². The first-order chi connectivity index (χ1) is 15.5. The van der Waals surface area contributed by atoms with Gasteiger partial charge in [-0.25, -0.2) is 14.8 Å². The Morgan fingerprint density at radius 2 is 1.66 bits per heavy atom. The average Bonchev–Trinajstić information content (AvgIpc) is 3.17. The summed E-state index contributed by atoms with van der Waals surface area (Å²) in [5, 5.41) is 0.929. The Hall–Kier alpha value is -4.07. The van der Waals surface area contributed by atoms with Gasteiger partial charge < -0.3 is 23.7 Å². The zero-order valence-electron chi connectivity index (χ0n) is 18.4. The van der Waals surface area contributed by atoms with E-state index in [9.17, 15) is 4.79 Å². The summed E-state index contributed by atoms with van der Waals surface area (Å²) < 4.78 is 26.9. The van der Waals surface area contributed by atoms with Crippen molar-refractivity contribution in [2.45, 2.75) is 6.92 Å². The van der Waals surface area contributed by atoms with E-state index in [0.29, 0.717) is 34.3 Å². The molecule has 1 aliphatic rings. The zero-order valence-corrected chi connectivity index (χ0v) is 18.4. The van der Waals surface area contributed by atoms with Crippen LogP contribution >= 0.6 is 0 Å². The molecule has 0 bridgehead atoms. The van der Waals surface area contributed by atoms with E-state index < -0.39 is 5.97 Å². The van der Waals surface area contributed by atoms with Crippen molar-refractivity contribution in [2.24, 2.45) is 4.99 Å². The maximum absolute atomic E-state index is 12.6. The predicted octanol–water partition coefficient (Wildman–Crippen LogP) is 3.92. The molecular weight excluding hydrogens is 412 g/mol. The zero-order chi connectivity index (χ0) is 22.8. The highest BCUT2D eigenvalue weighted by Gasteiger charge is 2.27. The molecule has 0 fully saturated rings. The minimum absolute atomic E-state index is 0.126. The van der Waals surface area contributed by atoms with Gasteiger partial charge in [-0.15, -0.1) is 0 Å². The largest absolute Gasteiger partial charge is 0.493 e. The van der Waals surface area contributed by atoms with E-state index in [4.69, 9.17) is 23.7 Å². The highest BCUT2D eigenvalue weighted by molar-refractivity contribution is 6.13. The molecule has 3 aromatic rings. The van der Waals surface area contributed by atoms with Gasteiger partial charge in [-0.05, 0) is 36.8 Å². The third-order valence-corrected chi connectivity index (χ3v) is 5.06. The van der Waals surface area contributed by atoms with E-state index in [1.807, 2.05) is 31.2 Å². The first-order valence-electron chi connectivity index (χ1n) is 9.76. The maximum atomic E-state index is 12.6. The molecule has 8 heteroatoms. The number of hydrogen-bond acceptors (Lipinski definition) is 8. The Morgan fingerprint density at radius 1 is 0.938 bits per heavy atom. The number of aryl methyl sites for hydroxylation is 1. The van der Waals surface area contributed by atoms with Gasteiger partial charge in [0.05, 0.1) is 34.0 Å². The maximum Gasteiger partial charge on any atom is 0.363 e. The minimum atomic E-state index is -0.583. The summed E-state index contributed by atoms with van der Waals surface area (Å²) in [5.41, 5.74) is 3.12. The lowest BCUT2D eigenvalue weighted by atomic mass is 10.1. The van der Waals surface area contributed by atoms with Crippen molar-refractivity contribution >= 4 is 28.8 Å². The standard InChI is InChI=1S/C24H22N2O6/c1-13-7-6-8-14-9-15(22(31-5)26-20(13)14)10-17-24(27)32-23(25-17)16-11-18(28-2)21(30-4)19(12-16)29-3/h6-12H,1-5H3/b17-10-. The van der Waals surface area contributed by atoms with Crippen LogP contribution in [0.15, 0.2) is 47.1 Å². The van der Waals surface area contributed by atoms with Crippen LogP contribution in [0.25, 0.3) is 17.0 Å². The normalized spacial score (nSPS) is 14.3. The molecule has 1 aromatic heterocycles. The molecule has 0 saturated heterocycles. The van der Waals surface area contributed by atoms with Gasteiger partial charge in [0.1, 0.15) is 0 Å². The van der Waals surface area contributed by atoms with E-state index in [-0.39, 0.29) is 11.6 Å². The molecule has 0 aliphatic carbocycles. The number of cyclic esters (lactones) is 1. The van der Waals surface area contributed by atoms with Gasteiger partial charge in [0.15, 0.2) is 17.2 Å². The Balaban J connectivity index is 1.79. The summed E-state index contributed by atoms with van der Waals surface area (Å²) in [7, 11) is 6.07. The smallest absolute Gasteiger partial charge is 0.363 e. The molecule has 0 saturated carbocycles. The van der Waals surface area contributed by atoms with Crippen LogP contribution in [0.2, 0.25) is 0 Å². The molecule has 0 radical (unpaired) electrons. The molecule has 0 N–H and O–H groups in total. The summed E-state index contributed by atoms with van der Waals surface area (Å²) in [5.74, 6) is 1.22. The van der Waals surface area contributed by atoms with Crippen LogP contribution in [0.4, 0.5) is 0 Å². The van der Waals surface area contributed by atoms with Crippen molar-refractivity contribution in [2.75, 3.05) is 28.4 Å². The van der Waals surface area contributed by atoms with Crippen molar-refractivity contribution in [1.29, 1.82) is 0 Å². The van der Waals surface area contributed by atoms with Crippen LogP contribution in [-0.4, -0.2) is 45.3 Å². The second-order valence-electron chi connectivity index (χ2n) is 6.98. The summed E-state index contributed by atoms with van der Waals surface area (Å²) in [6.45, 7) is 1.98. The predicted molar refractivity (Wildman–Crippen MR) is 120 cm³/mol. The number of pyridine rings is 1. The molecule has 2 heterocycles. The van der Waals surface area contributed by atoms with Crippen LogP contribution in [0.3, 0.4) is 0 Å². The van der Waals surface area contributed by atoms with Gasteiger partial charge in [0.2, 0.25) is 17.5 Å². The van der Waals surface area contributed by atoms with Gasteiger partial charge in [-0.2, -0.15) is 0 Å². The summed E-state index contributed by atoms with van der Waals surface area (Å²) in [6, 6.07) is 11.1. The lowest BCUT2D eigenvalue weighted by molar-refractivity contribution is -0.129. The third-order valence-electron chi connectivity index (χ3n) is 5.06. The fourth-order valence-corrected chi connectivity index (χ4v) is 3.50. The second kappa shape index (κ2) is 8.58. The number of hydrogen-bond donors (Lipinski definition) is 0. The molecule has 32 heavy (non-hydrogen) atoms. The van der Waals surface area contributed by atoms with Gasteiger partial charge >= 0.3 is 5.97 Å². The molecular formula is C24H22N2O6. The Bertz CT molecular complexity index is 1250. The highest BCUT2D eigenvalue weighted by Crippen LogP contribution is 2.39. The molecule has 0 amide bonds. The molecule has 2 aromatic carbocycles. The Kier molecular flexibility index (Phi) is 5.68. The number of methoxy groups -OCH3 is 4. The van der Waals surface area contributed by atoms with E-state index in [1.165, 1.54) is 28.4 Å². The number of carbonyl (C=O) groups is 1. The Labute approximate surface area is 185 Å². The summed E-state index contributed by atoms with van der Waals surface area (Å²) >= 11 is 0. The molecule has 8 nitrogen and oxygen atoms in total. The van der Waals surface area contributed by atoms with Crippen molar-refractivity contribution in [1.82, 2.24) is 4.98 Å². The number of nitrogens with zero attached hydrogens (tertiary/aromatic N) is 2. The fourth-order valence-electron chi connectivity index (χ4n) is 3.50. The van der Waals surface area contributed by atoms with Crippen LogP contribution in [0.5, 0.6) is 23.1 Å². The van der Waals surface area contributed by atoms with Gasteiger partial charge in [-0.1, -0.05) is 18.2 Å². The van der Waals surface area contributed by atoms with Crippen molar-refractivity contribution < 1.29 is 28.5 Å². The third kappa shape index (κ3) is 3.71. The lowest BCUT2D eigenvalue weighted by Gasteiger charge is -2.13. The van der Waals surface area contributed by atoms with Crippen LogP contribution in [-0.2, 0) is 9.53 Å². The summed E-state index contributed by atoms with van der Waals surface area (Å²) in [4.78, 5) is 21.5. The van der Waals surface area contributed by atoms with Crippen molar-refractivity contribution in [3.8, 4) is 23.1 Å². The number of para-hydroxylation sites is 1. The SMILES string of the molecule is COc1cc(C2=N/C(=C\c3cc4cccc(C)c4nc3OC)C(=O)O2)cc(OC)c1OC. The monoisotopic (exact) mass is 434 g/mol. The van der Waals surface area contributed by atoms with Crippen molar-refractivity contribution in [3.63, 3.8) is 0 Å². The number of rotatable bonds is 6. The van der Waals surface area contributed by atoms with Crippen LogP contribution < -0.4 is 18.9 Å². The molecule has 0 unspecified atom stereocenters. The molecule has 4 rings (SSSR count). The summed E-state index contributed by atoms with van der Waals surface area (Å²) in [6.07, 6.45) is 1.60. The van der Waals surface area contributed by atoms with E-state index in [1.54, 1.807) is 18.2 Å². The van der Waals surface area contributed by atoms with E-state index in [0.717, 1.165) is 16.5 Å². The average molecular weight is 434 g/mol. The fraction of sp³-hybridized carbons (Fsp3) is 0.208. The van der Waals surface area contributed by atoms with Gasteiger partial charge in [-0.3, -0.25) is 0 Å². The van der Waals surface area contributed by atoms with Gasteiger partial charge in [0, 0.05) is 16.5 Å². The molecule has 164 valence electrons. The minimum Gasteiger partial charge on any atom is -0.493 e. The number of ether oxygens (including phenoxy) is 5. The molecule has 1 aliphatic heterocycles. The lowest BCUT2D eigenvalue weighted by Crippen LogP contribution is -2.07. The molecule has 0 atom stereocenters. The first kappa shape index (κ1) is 21.2. The number of aromatic nitrogens is 1. The topological polar surface area (TPSA) is 88.5 Å². The Morgan fingerprint density at radius 3 is 2.28 bits per heavy atom. The van der Waals surface area contributed by atoms with Gasteiger partial charge in [0.25, 0.3) is 0 Å².